The Morgan fingerprint density at radius 3 is 2.54 bits per heavy atom. The van der Waals surface area contributed by atoms with Crippen LogP contribution in [0.2, 0.25) is 5.02 Å². The highest BCUT2D eigenvalue weighted by molar-refractivity contribution is 7.94. The molecule has 0 spiro atoms. The molecule has 1 aliphatic rings. The van der Waals surface area contributed by atoms with Gasteiger partial charge >= 0.3 is 0 Å². The Bertz CT molecular complexity index is 927. The van der Waals surface area contributed by atoms with Gasteiger partial charge in [0.25, 0.3) is 5.91 Å². The molecule has 7 heteroatoms. The first-order chi connectivity index (χ1) is 11.4. The number of rotatable bonds is 3. The number of halogens is 2. The van der Waals surface area contributed by atoms with Crippen molar-refractivity contribution in [3.63, 3.8) is 0 Å². The molecule has 0 unspecified atom stereocenters. The number of amides is 1. The van der Waals surface area contributed by atoms with Gasteiger partial charge in [0.2, 0.25) is 0 Å². The zero-order valence-electron chi connectivity index (χ0n) is 12.4. The summed E-state index contributed by atoms with van der Waals surface area (Å²) in [6.07, 6.45) is 1.45. The molecule has 0 aromatic heterocycles. The lowest BCUT2D eigenvalue weighted by Crippen LogP contribution is -2.41. The van der Waals surface area contributed by atoms with E-state index in [0.717, 1.165) is 11.5 Å². The van der Waals surface area contributed by atoms with E-state index in [2.05, 4.69) is 0 Å². The second-order valence-corrected chi connectivity index (χ2v) is 7.76. The molecule has 0 fully saturated rings. The SMILES string of the molecule is O=C(c1cccc(F)c1)N(c1cccc(Cl)c1)[C@H]1C=CS(=O)(=O)C1. The van der Waals surface area contributed by atoms with Gasteiger partial charge in [-0.05, 0) is 42.5 Å². The fraction of sp³-hybridized carbons (Fsp3) is 0.118. The van der Waals surface area contributed by atoms with Gasteiger partial charge in [0.1, 0.15) is 5.82 Å². The number of hydrogen-bond donors (Lipinski definition) is 0. The Hall–Kier alpha value is -2.18. The van der Waals surface area contributed by atoms with Crippen LogP contribution in [0, 0.1) is 5.82 Å². The highest BCUT2D eigenvalue weighted by atomic mass is 35.5. The first-order valence-electron chi connectivity index (χ1n) is 7.11. The maximum absolute atomic E-state index is 13.5. The molecule has 0 radical (unpaired) electrons. The Kier molecular flexibility index (Phi) is 4.43. The van der Waals surface area contributed by atoms with Crippen molar-refractivity contribution in [1.29, 1.82) is 0 Å². The van der Waals surface area contributed by atoms with E-state index < -0.39 is 27.6 Å². The predicted octanol–water partition coefficient (Wildman–Crippen LogP) is 3.44. The predicted molar refractivity (Wildman–Crippen MR) is 91.4 cm³/mol. The van der Waals surface area contributed by atoms with Gasteiger partial charge in [-0.25, -0.2) is 12.8 Å². The summed E-state index contributed by atoms with van der Waals surface area (Å²) in [5.41, 5.74) is 0.580. The van der Waals surface area contributed by atoms with Crippen LogP contribution in [0.4, 0.5) is 10.1 Å². The van der Waals surface area contributed by atoms with E-state index in [4.69, 9.17) is 11.6 Å². The topological polar surface area (TPSA) is 54.5 Å². The van der Waals surface area contributed by atoms with Gasteiger partial charge < -0.3 is 4.90 Å². The normalized spacial score (nSPS) is 18.5. The molecule has 0 saturated heterocycles. The summed E-state index contributed by atoms with van der Waals surface area (Å²) in [6.45, 7) is 0. The maximum atomic E-state index is 13.5. The van der Waals surface area contributed by atoms with Crippen molar-refractivity contribution in [3.05, 3.63) is 76.4 Å². The van der Waals surface area contributed by atoms with Gasteiger partial charge in [-0.1, -0.05) is 23.7 Å². The Morgan fingerprint density at radius 2 is 1.92 bits per heavy atom. The molecule has 124 valence electrons. The molecule has 0 N–H and O–H groups in total. The Labute approximate surface area is 144 Å². The van der Waals surface area contributed by atoms with E-state index in [0.29, 0.717) is 10.7 Å². The number of carbonyl (C=O) groups is 1. The number of nitrogens with zero attached hydrogens (tertiary/aromatic N) is 1. The van der Waals surface area contributed by atoms with E-state index in [1.54, 1.807) is 24.3 Å². The molecule has 24 heavy (non-hydrogen) atoms. The molecule has 1 aliphatic heterocycles. The highest BCUT2D eigenvalue weighted by Gasteiger charge is 2.32. The molecule has 1 heterocycles. The summed E-state index contributed by atoms with van der Waals surface area (Å²) in [4.78, 5) is 14.2. The van der Waals surface area contributed by atoms with Crippen molar-refractivity contribution in [2.24, 2.45) is 0 Å². The molecule has 4 nitrogen and oxygen atoms in total. The number of carbonyl (C=O) groups excluding carboxylic acids is 1. The van der Waals surface area contributed by atoms with Crippen molar-refractivity contribution >= 4 is 33.0 Å². The molecule has 1 amide bonds. The lowest BCUT2D eigenvalue weighted by molar-refractivity contribution is 0.0982. The summed E-state index contributed by atoms with van der Waals surface area (Å²) in [6, 6.07) is 11.1. The fourth-order valence-corrected chi connectivity index (χ4v) is 4.02. The van der Waals surface area contributed by atoms with Crippen LogP contribution in [0.15, 0.2) is 60.0 Å². The summed E-state index contributed by atoms with van der Waals surface area (Å²) >= 11 is 5.99. The lowest BCUT2D eigenvalue weighted by atomic mass is 10.1. The summed E-state index contributed by atoms with van der Waals surface area (Å²) < 4.78 is 36.9. The minimum Gasteiger partial charge on any atom is -0.300 e. The molecule has 2 aromatic rings. The maximum Gasteiger partial charge on any atom is 0.258 e. The number of hydrogen-bond acceptors (Lipinski definition) is 3. The van der Waals surface area contributed by atoms with Crippen LogP contribution in [0.3, 0.4) is 0 Å². The van der Waals surface area contributed by atoms with E-state index >= 15 is 0 Å². The second-order valence-electron chi connectivity index (χ2n) is 5.39. The molecule has 2 aromatic carbocycles. The summed E-state index contributed by atoms with van der Waals surface area (Å²) in [5, 5.41) is 1.50. The summed E-state index contributed by atoms with van der Waals surface area (Å²) in [7, 11) is -3.36. The number of sulfone groups is 1. The van der Waals surface area contributed by atoms with Crippen LogP contribution < -0.4 is 4.90 Å². The van der Waals surface area contributed by atoms with Crippen molar-refractivity contribution in [2.75, 3.05) is 10.7 Å². The zero-order valence-corrected chi connectivity index (χ0v) is 14.0. The van der Waals surface area contributed by atoms with Crippen molar-refractivity contribution in [1.82, 2.24) is 0 Å². The van der Waals surface area contributed by atoms with E-state index in [1.807, 2.05) is 0 Å². The van der Waals surface area contributed by atoms with Gasteiger partial charge in [-0.15, -0.1) is 0 Å². The average Bonchev–Trinajstić information content (AvgIpc) is 2.87. The van der Waals surface area contributed by atoms with Crippen LogP contribution in [0.5, 0.6) is 0 Å². The molecule has 3 rings (SSSR count). The van der Waals surface area contributed by atoms with E-state index in [-0.39, 0.29) is 11.3 Å². The standard InChI is InChI=1S/C17H13ClFNO3S/c18-13-4-2-6-15(10-13)20(16-7-8-24(22,23)11-16)17(21)12-3-1-5-14(19)9-12/h1-10,16H,11H2/t16-/m0/s1. The average molecular weight is 366 g/mol. The Morgan fingerprint density at radius 1 is 1.17 bits per heavy atom. The van der Waals surface area contributed by atoms with Gasteiger partial charge in [0.05, 0.1) is 11.8 Å². The first kappa shape index (κ1) is 16.7. The van der Waals surface area contributed by atoms with Crippen LogP contribution in [0.25, 0.3) is 0 Å². The van der Waals surface area contributed by atoms with Crippen molar-refractivity contribution in [3.8, 4) is 0 Å². The number of benzene rings is 2. The van der Waals surface area contributed by atoms with E-state index in [9.17, 15) is 17.6 Å². The molecule has 0 aliphatic carbocycles. The quantitative estimate of drug-likeness (QED) is 0.837. The first-order valence-corrected chi connectivity index (χ1v) is 9.21. The lowest BCUT2D eigenvalue weighted by Gasteiger charge is -2.28. The van der Waals surface area contributed by atoms with Crippen molar-refractivity contribution < 1.29 is 17.6 Å². The molecular formula is C17H13ClFNO3S. The van der Waals surface area contributed by atoms with Crippen molar-refractivity contribution in [2.45, 2.75) is 6.04 Å². The summed E-state index contributed by atoms with van der Waals surface area (Å²) in [5.74, 6) is -1.26. The molecule has 0 bridgehead atoms. The van der Waals surface area contributed by atoms with Crippen LogP contribution in [-0.4, -0.2) is 26.1 Å². The van der Waals surface area contributed by atoms with Crippen LogP contribution in [0.1, 0.15) is 10.4 Å². The fourth-order valence-electron chi connectivity index (χ4n) is 2.57. The largest absolute Gasteiger partial charge is 0.300 e. The second kappa shape index (κ2) is 6.37. The minimum atomic E-state index is -3.36. The van der Waals surface area contributed by atoms with Gasteiger partial charge in [-0.3, -0.25) is 4.79 Å². The third kappa shape index (κ3) is 3.49. The highest BCUT2D eigenvalue weighted by Crippen LogP contribution is 2.27. The third-order valence-electron chi connectivity index (χ3n) is 3.62. The Balaban J connectivity index is 2.05. The molecule has 1 atom stereocenters. The zero-order chi connectivity index (χ0) is 17.3. The smallest absolute Gasteiger partial charge is 0.258 e. The monoisotopic (exact) mass is 365 g/mol. The van der Waals surface area contributed by atoms with Gasteiger partial charge in [-0.2, -0.15) is 0 Å². The molecule has 0 saturated carbocycles. The number of anilines is 1. The van der Waals surface area contributed by atoms with Gasteiger partial charge in [0.15, 0.2) is 9.84 Å². The van der Waals surface area contributed by atoms with Crippen LogP contribution in [-0.2, 0) is 9.84 Å². The van der Waals surface area contributed by atoms with Crippen LogP contribution >= 0.6 is 11.6 Å². The van der Waals surface area contributed by atoms with Gasteiger partial charge in [0, 0.05) is 21.7 Å². The minimum absolute atomic E-state index is 0.132. The molecular weight excluding hydrogens is 353 g/mol. The third-order valence-corrected chi connectivity index (χ3v) is 5.23. The van der Waals surface area contributed by atoms with E-state index in [1.165, 1.54) is 29.2 Å².